The molecule has 0 amide bonds. The molecule has 3 nitrogen and oxygen atoms in total. The van der Waals surface area contributed by atoms with E-state index in [1.807, 2.05) is 13.1 Å². The zero-order valence-corrected chi connectivity index (χ0v) is 12.1. The first-order chi connectivity index (χ1) is 9.96. The van der Waals surface area contributed by atoms with E-state index in [0.717, 1.165) is 31.6 Å². The molecule has 1 fully saturated rings. The second-order valence-electron chi connectivity index (χ2n) is 5.41. The summed E-state index contributed by atoms with van der Waals surface area (Å²) in [5.41, 5.74) is 0.978. The molecule has 1 atom stereocenters. The Morgan fingerprint density at radius 1 is 1.38 bits per heavy atom. The average Bonchev–Trinajstić information content (AvgIpc) is 2.45. The normalized spacial score (nSPS) is 20.5. The lowest BCUT2D eigenvalue weighted by Gasteiger charge is -2.32. The molecule has 1 aromatic carbocycles. The Hall–Kier alpha value is -1.27. The van der Waals surface area contributed by atoms with Gasteiger partial charge in [0.2, 0.25) is 0 Å². The van der Waals surface area contributed by atoms with Crippen LogP contribution in [0.15, 0.2) is 24.3 Å². The van der Waals surface area contributed by atoms with E-state index in [4.69, 9.17) is 4.74 Å². The number of rotatable bonds is 5. The molecule has 1 aliphatic rings. The van der Waals surface area contributed by atoms with E-state index in [-0.39, 0.29) is 5.75 Å². The van der Waals surface area contributed by atoms with Crippen molar-refractivity contribution in [1.29, 1.82) is 0 Å². The number of alkyl halides is 3. The molecule has 0 saturated carbocycles. The van der Waals surface area contributed by atoms with Gasteiger partial charge in [-0.25, -0.2) is 0 Å². The number of hydrogen-bond acceptors (Lipinski definition) is 3. The molecule has 0 spiro atoms. The number of nitrogens with zero attached hydrogens (tertiary/aromatic N) is 1. The molecular formula is C15H21F3N2O. The van der Waals surface area contributed by atoms with Crippen LogP contribution in [0.2, 0.25) is 0 Å². The van der Waals surface area contributed by atoms with Crippen molar-refractivity contribution < 1.29 is 17.9 Å². The first-order valence-electron chi connectivity index (χ1n) is 7.14. The van der Waals surface area contributed by atoms with Crippen molar-refractivity contribution in [2.24, 2.45) is 0 Å². The standard InChI is InChI=1S/C15H21F3N2O/c1-19-13-5-3-7-20(10-13)9-12-4-2-6-14(8-12)21-11-15(16,17)18/h2,4,6,8,13,19H,3,5,7,9-11H2,1H3. The number of piperidine rings is 1. The first kappa shape index (κ1) is 16.1. The molecule has 0 aliphatic carbocycles. The topological polar surface area (TPSA) is 24.5 Å². The lowest BCUT2D eigenvalue weighted by Crippen LogP contribution is -2.43. The quantitative estimate of drug-likeness (QED) is 0.905. The molecule has 1 aromatic rings. The van der Waals surface area contributed by atoms with Crippen molar-refractivity contribution in [2.45, 2.75) is 31.6 Å². The summed E-state index contributed by atoms with van der Waals surface area (Å²) < 4.78 is 41.3. The van der Waals surface area contributed by atoms with Gasteiger partial charge in [-0.2, -0.15) is 13.2 Å². The van der Waals surface area contributed by atoms with E-state index < -0.39 is 12.8 Å². The van der Waals surface area contributed by atoms with Crippen LogP contribution in [0.25, 0.3) is 0 Å². The fourth-order valence-corrected chi connectivity index (χ4v) is 2.59. The maximum atomic E-state index is 12.2. The summed E-state index contributed by atoms with van der Waals surface area (Å²) in [5.74, 6) is 0.270. The Labute approximate surface area is 123 Å². The van der Waals surface area contributed by atoms with Crippen LogP contribution < -0.4 is 10.1 Å². The molecule has 118 valence electrons. The molecule has 1 saturated heterocycles. The maximum absolute atomic E-state index is 12.2. The van der Waals surface area contributed by atoms with Crippen LogP contribution in [0, 0.1) is 0 Å². The molecule has 0 bridgehead atoms. The summed E-state index contributed by atoms with van der Waals surface area (Å²) in [5, 5.41) is 3.28. The van der Waals surface area contributed by atoms with E-state index in [0.29, 0.717) is 6.04 Å². The smallest absolute Gasteiger partial charge is 0.422 e. The Bertz CT molecular complexity index is 451. The summed E-state index contributed by atoms with van der Waals surface area (Å²) in [6, 6.07) is 7.39. The van der Waals surface area contributed by atoms with Crippen LogP contribution in [0.3, 0.4) is 0 Å². The van der Waals surface area contributed by atoms with Gasteiger partial charge in [0.25, 0.3) is 0 Å². The van der Waals surface area contributed by atoms with Crippen molar-refractivity contribution >= 4 is 0 Å². The van der Waals surface area contributed by atoms with Crippen LogP contribution in [0.1, 0.15) is 18.4 Å². The summed E-state index contributed by atoms with van der Waals surface area (Å²) in [6.45, 7) is 1.47. The van der Waals surface area contributed by atoms with Crippen LogP contribution in [0.5, 0.6) is 5.75 Å². The van der Waals surface area contributed by atoms with Gasteiger partial charge in [0, 0.05) is 19.1 Å². The number of ether oxygens (including phenoxy) is 1. The third-order valence-electron chi connectivity index (χ3n) is 3.62. The van der Waals surface area contributed by atoms with Crippen LogP contribution in [0.4, 0.5) is 13.2 Å². The molecule has 1 N–H and O–H groups in total. The van der Waals surface area contributed by atoms with Gasteiger partial charge in [0.1, 0.15) is 5.75 Å². The van der Waals surface area contributed by atoms with Crippen molar-refractivity contribution in [3.8, 4) is 5.75 Å². The number of benzene rings is 1. The number of nitrogens with one attached hydrogen (secondary N) is 1. The van der Waals surface area contributed by atoms with E-state index in [1.54, 1.807) is 18.2 Å². The number of halogens is 3. The fourth-order valence-electron chi connectivity index (χ4n) is 2.59. The molecule has 1 aliphatic heterocycles. The first-order valence-corrected chi connectivity index (χ1v) is 7.14. The van der Waals surface area contributed by atoms with Crippen LogP contribution >= 0.6 is 0 Å². The Kier molecular flexibility index (Phi) is 5.47. The molecule has 1 heterocycles. The predicted octanol–water partition coefficient (Wildman–Crippen LogP) is 2.81. The number of hydrogen-bond donors (Lipinski definition) is 1. The maximum Gasteiger partial charge on any atom is 0.422 e. The number of likely N-dealkylation sites (tertiary alicyclic amines) is 1. The highest BCUT2D eigenvalue weighted by molar-refractivity contribution is 5.28. The highest BCUT2D eigenvalue weighted by Crippen LogP contribution is 2.21. The molecule has 0 aromatic heterocycles. The molecule has 2 rings (SSSR count). The zero-order valence-electron chi connectivity index (χ0n) is 12.1. The van der Waals surface area contributed by atoms with E-state index in [1.165, 1.54) is 6.42 Å². The van der Waals surface area contributed by atoms with Crippen LogP contribution in [-0.4, -0.2) is 43.9 Å². The second-order valence-corrected chi connectivity index (χ2v) is 5.41. The summed E-state index contributed by atoms with van der Waals surface area (Å²) in [6.07, 6.45) is -2.00. The van der Waals surface area contributed by atoms with Crippen molar-refractivity contribution in [2.75, 3.05) is 26.7 Å². The molecule has 6 heteroatoms. The number of likely N-dealkylation sites (N-methyl/N-ethyl adjacent to an activating group) is 1. The van der Waals surface area contributed by atoms with Gasteiger partial charge in [-0.15, -0.1) is 0 Å². The SMILES string of the molecule is CNC1CCCN(Cc2cccc(OCC(F)(F)F)c2)C1. The molecule has 0 radical (unpaired) electrons. The Morgan fingerprint density at radius 3 is 2.90 bits per heavy atom. The van der Waals surface area contributed by atoms with Gasteiger partial charge >= 0.3 is 6.18 Å². The summed E-state index contributed by atoms with van der Waals surface area (Å²) >= 11 is 0. The predicted molar refractivity (Wildman–Crippen MR) is 75.4 cm³/mol. The lowest BCUT2D eigenvalue weighted by atomic mass is 10.1. The van der Waals surface area contributed by atoms with E-state index in [9.17, 15) is 13.2 Å². The minimum absolute atomic E-state index is 0.270. The minimum atomic E-state index is -4.30. The Balaban J connectivity index is 1.91. The summed E-state index contributed by atoms with van der Waals surface area (Å²) in [7, 11) is 1.96. The molecule has 21 heavy (non-hydrogen) atoms. The van der Waals surface area contributed by atoms with Crippen molar-refractivity contribution in [3.63, 3.8) is 0 Å². The minimum Gasteiger partial charge on any atom is -0.484 e. The van der Waals surface area contributed by atoms with E-state index >= 15 is 0 Å². The van der Waals surface area contributed by atoms with E-state index in [2.05, 4.69) is 10.2 Å². The zero-order chi connectivity index (χ0) is 15.3. The Morgan fingerprint density at radius 2 is 2.19 bits per heavy atom. The fraction of sp³-hybridized carbons (Fsp3) is 0.600. The lowest BCUT2D eigenvalue weighted by molar-refractivity contribution is -0.153. The average molecular weight is 302 g/mol. The van der Waals surface area contributed by atoms with Gasteiger partial charge in [0.15, 0.2) is 6.61 Å². The van der Waals surface area contributed by atoms with Gasteiger partial charge in [0.05, 0.1) is 0 Å². The highest BCUT2D eigenvalue weighted by atomic mass is 19.4. The third kappa shape index (κ3) is 5.55. The monoisotopic (exact) mass is 302 g/mol. The molecular weight excluding hydrogens is 281 g/mol. The van der Waals surface area contributed by atoms with Crippen molar-refractivity contribution in [1.82, 2.24) is 10.2 Å². The largest absolute Gasteiger partial charge is 0.484 e. The van der Waals surface area contributed by atoms with Gasteiger partial charge in [-0.3, -0.25) is 4.90 Å². The highest BCUT2D eigenvalue weighted by Gasteiger charge is 2.28. The van der Waals surface area contributed by atoms with Gasteiger partial charge in [-0.05, 0) is 44.1 Å². The second kappa shape index (κ2) is 7.13. The summed E-state index contributed by atoms with van der Waals surface area (Å²) in [4.78, 5) is 2.31. The molecule has 1 unspecified atom stereocenters. The van der Waals surface area contributed by atoms with Gasteiger partial charge < -0.3 is 10.1 Å². The van der Waals surface area contributed by atoms with Gasteiger partial charge in [-0.1, -0.05) is 12.1 Å². The van der Waals surface area contributed by atoms with Crippen LogP contribution in [-0.2, 0) is 6.54 Å². The van der Waals surface area contributed by atoms with Crippen molar-refractivity contribution in [3.05, 3.63) is 29.8 Å². The third-order valence-corrected chi connectivity index (χ3v) is 3.62.